The minimum atomic E-state index is -0.0185. The van der Waals surface area contributed by atoms with E-state index < -0.39 is 0 Å². The molecular weight excluding hydrogens is 256 g/mol. The number of ether oxygens (including phenoxy) is 1. The number of carbonyl (C=O) groups excluding carboxylic acids is 1. The van der Waals surface area contributed by atoms with E-state index in [1.165, 1.54) is 7.11 Å². The highest BCUT2D eigenvalue weighted by molar-refractivity contribution is 5.96. The first-order valence-electron chi connectivity index (χ1n) is 6.89. The molecule has 2 rings (SSSR count). The molecule has 2 heterocycles. The quantitative estimate of drug-likeness (QED) is 0.851. The number of rotatable bonds is 4. The summed E-state index contributed by atoms with van der Waals surface area (Å²) in [5.41, 5.74) is 6.20. The number of nitrogens with two attached hydrogens (primary N) is 1. The number of piperazine rings is 1. The lowest BCUT2D eigenvalue weighted by atomic mass is 10.2. The van der Waals surface area contributed by atoms with Gasteiger partial charge in [0.25, 0.3) is 5.91 Å². The normalized spacial score (nSPS) is 17.9. The van der Waals surface area contributed by atoms with Crippen molar-refractivity contribution in [1.29, 1.82) is 0 Å². The van der Waals surface area contributed by atoms with E-state index in [2.05, 4.69) is 16.8 Å². The molecule has 0 radical (unpaired) electrons. The molecule has 1 aliphatic rings. The number of carbonyl (C=O) groups is 1. The van der Waals surface area contributed by atoms with Gasteiger partial charge >= 0.3 is 0 Å². The molecule has 0 bridgehead atoms. The van der Waals surface area contributed by atoms with Crippen molar-refractivity contribution in [3.05, 3.63) is 23.9 Å². The van der Waals surface area contributed by atoms with Gasteiger partial charge in [-0.2, -0.15) is 0 Å². The predicted octanol–water partition coefficient (Wildman–Crippen LogP) is 0.195. The number of amides is 1. The molecule has 1 atom stereocenters. The molecule has 1 unspecified atom stereocenters. The summed E-state index contributed by atoms with van der Waals surface area (Å²) in [6, 6.07) is 3.87. The SMILES string of the molecule is COc1ncccc1C(=O)N1CCN(C(C)CN)CC1. The van der Waals surface area contributed by atoms with Crippen LogP contribution in [0.5, 0.6) is 5.88 Å². The van der Waals surface area contributed by atoms with E-state index in [9.17, 15) is 4.79 Å². The summed E-state index contributed by atoms with van der Waals surface area (Å²) in [6.07, 6.45) is 1.62. The molecule has 0 saturated carbocycles. The highest BCUT2D eigenvalue weighted by atomic mass is 16.5. The lowest BCUT2D eigenvalue weighted by Gasteiger charge is -2.37. The number of hydrogen-bond acceptors (Lipinski definition) is 5. The Morgan fingerprint density at radius 1 is 1.45 bits per heavy atom. The van der Waals surface area contributed by atoms with Crippen molar-refractivity contribution >= 4 is 5.91 Å². The molecule has 1 aromatic rings. The van der Waals surface area contributed by atoms with Gasteiger partial charge in [0.1, 0.15) is 5.56 Å². The first kappa shape index (κ1) is 14.7. The summed E-state index contributed by atoms with van der Waals surface area (Å²) in [4.78, 5) is 20.7. The fraction of sp³-hybridized carbons (Fsp3) is 0.571. The van der Waals surface area contributed by atoms with Crippen LogP contribution in [0.4, 0.5) is 0 Å². The molecular formula is C14H22N4O2. The van der Waals surface area contributed by atoms with E-state index in [0.717, 1.165) is 13.1 Å². The van der Waals surface area contributed by atoms with Crippen LogP contribution in [0.3, 0.4) is 0 Å². The molecule has 0 aliphatic carbocycles. The maximum absolute atomic E-state index is 12.5. The Bertz CT molecular complexity index is 458. The minimum Gasteiger partial charge on any atom is -0.480 e. The summed E-state index contributed by atoms with van der Waals surface area (Å²) < 4.78 is 5.15. The van der Waals surface area contributed by atoms with Crippen LogP contribution in [-0.2, 0) is 0 Å². The van der Waals surface area contributed by atoms with Crippen LogP contribution in [0.15, 0.2) is 18.3 Å². The van der Waals surface area contributed by atoms with Crippen molar-refractivity contribution in [2.45, 2.75) is 13.0 Å². The van der Waals surface area contributed by atoms with Gasteiger partial charge < -0.3 is 15.4 Å². The van der Waals surface area contributed by atoms with Gasteiger partial charge in [-0.25, -0.2) is 4.98 Å². The molecule has 110 valence electrons. The number of methoxy groups -OCH3 is 1. The predicted molar refractivity (Wildman–Crippen MR) is 76.8 cm³/mol. The highest BCUT2D eigenvalue weighted by Crippen LogP contribution is 2.17. The van der Waals surface area contributed by atoms with Gasteiger partial charge in [-0.15, -0.1) is 0 Å². The van der Waals surface area contributed by atoms with Crippen LogP contribution in [0, 0.1) is 0 Å². The van der Waals surface area contributed by atoms with Crippen LogP contribution in [0.2, 0.25) is 0 Å². The van der Waals surface area contributed by atoms with E-state index in [0.29, 0.717) is 37.1 Å². The summed E-state index contributed by atoms with van der Waals surface area (Å²) in [5.74, 6) is 0.366. The molecule has 0 aromatic carbocycles. The summed E-state index contributed by atoms with van der Waals surface area (Å²) in [7, 11) is 1.53. The van der Waals surface area contributed by atoms with Gasteiger partial charge in [-0.05, 0) is 19.1 Å². The fourth-order valence-electron chi connectivity index (χ4n) is 2.40. The van der Waals surface area contributed by atoms with Crippen molar-refractivity contribution in [3.8, 4) is 5.88 Å². The van der Waals surface area contributed by atoms with Gasteiger partial charge in [-0.3, -0.25) is 9.69 Å². The summed E-state index contributed by atoms with van der Waals surface area (Å²) in [5, 5.41) is 0. The third-order valence-corrected chi connectivity index (χ3v) is 3.76. The first-order valence-corrected chi connectivity index (χ1v) is 6.89. The summed E-state index contributed by atoms with van der Waals surface area (Å²) >= 11 is 0. The molecule has 6 nitrogen and oxygen atoms in total. The van der Waals surface area contributed by atoms with Crippen LogP contribution in [0.1, 0.15) is 17.3 Å². The number of hydrogen-bond donors (Lipinski definition) is 1. The fourth-order valence-corrected chi connectivity index (χ4v) is 2.40. The highest BCUT2D eigenvalue weighted by Gasteiger charge is 2.26. The zero-order chi connectivity index (χ0) is 14.5. The minimum absolute atomic E-state index is 0.0185. The zero-order valence-electron chi connectivity index (χ0n) is 12.1. The zero-order valence-corrected chi connectivity index (χ0v) is 12.1. The smallest absolute Gasteiger partial charge is 0.259 e. The second kappa shape index (κ2) is 6.67. The van der Waals surface area contributed by atoms with Crippen LogP contribution < -0.4 is 10.5 Å². The molecule has 2 N–H and O–H groups in total. The average Bonchev–Trinajstić information content (AvgIpc) is 2.53. The molecule has 1 amide bonds. The third-order valence-electron chi connectivity index (χ3n) is 3.76. The maximum Gasteiger partial charge on any atom is 0.259 e. The Hall–Kier alpha value is -1.66. The Kier molecular flexibility index (Phi) is 4.92. The van der Waals surface area contributed by atoms with Gasteiger partial charge in [0.2, 0.25) is 5.88 Å². The molecule has 20 heavy (non-hydrogen) atoms. The summed E-state index contributed by atoms with van der Waals surface area (Å²) in [6.45, 7) is 5.88. The lowest BCUT2D eigenvalue weighted by molar-refractivity contribution is 0.0585. The Labute approximate surface area is 119 Å². The molecule has 1 aromatic heterocycles. The molecule has 1 aliphatic heterocycles. The van der Waals surface area contributed by atoms with Gasteiger partial charge in [0.15, 0.2) is 0 Å². The molecule has 0 spiro atoms. The van der Waals surface area contributed by atoms with Gasteiger partial charge in [0, 0.05) is 45.0 Å². The lowest BCUT2D eigenvalue weighted by Crippen LogP contribution is -2.52. The average molecular weight is 278 g/mol. The van der Waals surface area contributed by atoms with E-state index in [1.54, 1.807) is 18.3 Å². The Morgan fingerprint density at radius 3 is 2.75 bits per heavy atom. The molecule has 1 saturated heterocycles. The van der Waals surface area contributed by atoms with E-state index in [1.807, 2.05) is 4.90 Å². The maximum atomic E-state index is 12.5. The second-order valence-corrected chi connectivity index (χ2v) is 4.97. The third kappa shape index (κ3) is 3.08. The van der Waals surface area contributed by atoms with Gasteiger partial charge in [0.05, 0.1) is 7.11 Å². The molecule has 6 heteroatoms. The van der Waals surface area contributed by atoms with Crippen molar-refractivity contribution in [2.24, 2.45) is 5.73 Å². The van der Waals surface area contributed by atoms with Crippen molar-refractivity contribution < 1.29 is 9.53 Å². The number of aromatic nitrogens is 1. The Morgan fingerprint density at radius 2 is 2.15 bits per heavy atom. The topological polar surface area (TPSA) is 71.7 Å². The molecule has 1 fully saturated rings. The van der Waals surface area contributed by atoms with Gasteiger partial charge in [-0.1, -0.05) is 0 Å². The van der Waals surface area contributed by atoms with Crippen LogP contribution >= 0.6 is 0 Å². The number of pyridine rings is 1. The van der Waals surface area contributed by atoms with E-state index in [-0.39, 0.29) is 5.91 Å². The monoisotopic (exact) mass is 278 g/mol. The van der Waals surface area contributed by atoms with Crippen molar-refractivity contribution in [1.82, 2.24) is 14.8 Å². The van der Waals surface area contributed by atoms with Crippen molar-refractivity contribution in [2.75, 3.05) is 39.8 Å². The number of nitrogens with zero attached hydrogens (tertiary/aromatic N) is 3. The van der Waals surface area contributed by atoms with E-state index >= 15 is 0 Å². The van der Waals surface area contributed by atoms with Crippen molar-refractivity contribution in [3.63, 3.8) is 0 Å². The standard InChI is InChI=1S/C14H22N4O2/c1-11(10-15)17-6-8-18(9-7-17)14(19)12-4-3-5-16-13(12)20-2/h3-5,11H,6-10,15H2,1-2H3. The van der Waals surface area contributed by atoms with Crippen LogP contribution in [0.25, 0.3) is 0 Å². The van der Waals surface area contributed by atoms with E-state index in [4.69, 9.17) is 10.5 Å². The Balaban J connectivity index is 2.01. The largest absolute Gasteiger partial charge is 0.480 e. The second-order valence-electron chi connectivity index (χ2n) is 4.97. The first-order chi connectivity index (χ1) is 9.67. The van der Waals surface area contributed by atoms with Crippen LogP contribution in [-0.4, -0.2) is 66.6 Å².